The van der Waals surface area contributed by atoms with E-state index in [4.69, 9.17) is 11.6 Å². The van der Waals surface area contributed by atoms with E-state index in [1.165, 1.54) is 23.3 Å². The third-order valence-electron chi connectivity index (χ3n) is 5.68. The number of aromatic nitrogens is 6. The molecule has 1 N–H and O–H groups in total. The fraction of sp³-hybridized carbons (Fsp3) is 0.429. The van der Waals surface area contributed by atoms with Crippen LogP contribution in [0.4, 0.5) is 27.9 Å². The normalized spacial score (nSPS) is 19.8. The van der Waals surface area contributed by atoms with Crippen LogP contribution in [0, 0.1) is 5.92 Å². The maximum absolute atomic E-state index is 14.5. The first-order valence-corrected chi connectivity index (χ1v) is 11.1. The highest BCUT2D eigenvalue weighted by Crippen LogP contribution is 2.36. The summed E-state index contributed by atoms with van der Waals surface area (Å²) in [4.78, 5) is 30.0. The number of rotatable bonds is 5. The van der Waals surface area contributed by atoms with Gasteiger partial charge in [0.25, 0.3) is 11.8 Å². The lowest BCUT2D eigenvalue weighted by molar-refractivity contribution is -0.138. The first-order valence-electron chi connectivity index (χ1n) is 10.7. The zero-order valence-electron chi connectivity index (χ0n) is 19.0. The van der Waals surface area contributed by atoms with Gasteiger partial charge < -0.3 is 10.2 Å². The molecule has 0 aliphatic carbocycles. The summed E-state index contributed by atoms with van der Waals surface area (Å²) in [6.07, 6.45) is 0.307. The molecule has 1 amide bonds. The lowest BCUT2D eigenvalue weighted by Crippen LogP contribution is -2.57. The van der Waals surface area contributed by atoms with E-state index in [0.29, 0.717) is 12.4 Å². The van der Waals surface area contributed by atoms with Crippen LogP contribution in [0.2, 0.25) is 5.02 Å². The maximum atomic E-state index is 14.5. The van der Waals surface area contributed by atoms with Crippen LogP contribution in [0.25, 0.3) is 11.4 Å². The second kappa shape index (κ2) is 9.56. The predicted octanol–water partition coefficient (Wildman–Crippen LogP) is 3.94. The van der Waals surface area contributed by atoms with Crippen LogP contribution in [-0.4, -0.2) is 65.6 Å². The summed E-state index contributed by atoms with van der Waals surface area (Å²) in [6.45, 7) is 0.622. The van der Waals surface area contributed by atoms with Crippen LogP contribution in [-0.2, 0) is 13.2 Å². The molecule has 0 aromatic carbocycles. The summed E-state index contributed by atoms with van der Waals surface area (Å²) in [6, 6.07) is -0.760. The minimum Gasteiger partial charge on any atom is -0.352 e. The Balaban J connectivity index is 1.60. The quantitative estimate of drug-likeness (QED) is 0.499. The highest BCUT2D eigenvalue weighted by atomic mass is 35.5. The molecular weight excluding hydrogens is 511 g/mol. The molecule has 1 saturated heterocycles. The van der Waals surface area contributed by atoms with Crippen LogP contribution in [0.5, 0.6) is 0 Å². The van der Waals surface area contributed by atoms with Crippen molar-refractivity contribution in [1.29, 1.82) is 0 Å². The Labute approximate surface area is 206 Å². The molecule has 0 radical (unpaired) electrons. The van der Waals surface area contributed by atoms with E-state index < -0.39 is 48.5 Å². The molecule has 1 fully saturated rings. The number of likely N-dealkylation sites (tertiary alicyclic amines) is 1. The topological polar surface area (TPSA) is 102 Å². The molecule has 4 rings (SSSR count). The number of amides is 1. The highest BCUT2D eigenvalue weighted by Gasteiger charge is 2.47. The third kappa shape index (κ3) is 5.53. The van der Waals surface area contributed by atoms with Gasteiger partial charge in [-0.3, -0.25) is 9.48 Å². The van der Waals surface area contributed by atoms with Crippen molar-refractivity contribution >= 4 is 23.5 Å². The van der Waals surface area contributed by atoms with Crippen LogP contribution < -0.4 is 5.32 Å². The monoisotopic (exact) mass is 530 g/mol. The standard InChI is InChI=1S/C21H20ClF5N8O/c1-11-3-20(23,24)10-35(15(11)8-32-19-30-4-12(5-31-19)21(25,26)27)18(36)16-14(9-34(2)33-16)17-28-6-13(22)7-29-17/h4-7,9,11,15H,3,8,10H2,1-2H3,(H,30,31,32)/t11?,15-/m1/s1. The van der Waals surface area contributed by atoms with Crippen LogP contribution in [0.1, 0.15) is 29.4 Å². The Bertz CT molecular complexity index is 1230. The SMILES string of the molecule is CC1CC(F)(F)CN(C(=O)c2nn(C)cc2-c2ncc(Cl)cn2)[C@@H]1CNc1ncc(C(F)(F)F)cn1. The van der Waals surface area contributed by atoms with Crippen molar-refractivity contribution in [2.75, 3.05) is 18.4 Å². The fourth-order valence-corrected chi connectivity index (χ4v) is 4.14. The molecule has 1 aliphatic rings. The summed E-state index contributed by atoms with van der Waals surface area (Å²) in [7, 11) is 1.56. The Morgan fingerprint density at radius 3 is 2.42 bits per heavy atom. The molecule has 3 aromatic heterocycles. The lowest BCUT2D eigenvalue weighted by Gasteiger charge is -2.43. The van der Waals surface area contributed by atoms with Crippen molar-refractivity contribution in [2.24, 2.45) is 13.0 Å². The van der Waals surface area contributed by atoms with Gasteiger partial charge in [0.1, 0.15) is 0 Å². The summed E-state index contributed by atoms with van der Waals surface area (Å²) in [5, 5.41) is 7.18. The van der Waals surface area contributed by atoms with E-state index >= 15 is 0 Å². The molecule has 192 valence electrons. The Hall–Kier alpha value is -3.42. The summed E-state index contributed by atoms with van der Waals surface area (Å²) in [5.74, 6) is -4.58. The second-order valence-corrected chi connectivity index (χ2v) is 8.94. The molecule has 0 saturated carbocycles. The number of carbonyl (C=O) groups is 1. The zero-order chi connectivity index (χ0) is 26.3. The van der Waals surface area contributed by atoms with Crippen LogP contribution >= 0.6 is 11.6 Å². The Kier molecular flexibility index (Phi) is 6.82. The van der Waals surface area contributed by atoms with E-state index in [1.807, 2.05) is 0 Å². The van der Waals surface area contributed by atoms with Gasteiger partial charge in [0.05, 0.1) is 28.7 Å². The predicted molar refractivity (Wildman–Crippen MR) is 118 cm³/mol. The average molecular weight is 531 g/mol. The van der Waals surface area contributed by atoms with Gasteiger partial charge >= 0.3 is 6.18 Å². The smallest absolute Gasteiger partial charge is 0.352 e. The number of halogens is 6. The number of anilines is 1. The molecular formula is C21H20ClF5N8O. The first-order chi connectivity index (χ1) is 16.8. The van der Waals surface area contributed by atoms with E-state index in [1.54, 1.807) is 14.0 Å². The number of hydrogen-bond acceptors (Lipinski definition) is 7. The van der Waals surface area contributed by atoms with Gasteiger partial charge in [-0.1, -0.05) is 18.5 Å². The van der Waals surface area contributed by atoms with Gasteiger partial charge in [0.15, 0.2) is 11.5 Å². The van der Waals surface area contributed by atoms with Crippen molar-refractivity contribution in [1.82, 2.24) is 34.6 Å². The van der Waals surface area contributed by atoms with Crippen molar-refractivity contribution in [3.63, 3.8) is 0 Å². The van der Waals surface area contributed by atoms with Gasteiger partial charge in [-0.15, -0.1) is 0 Å². The number of alkyl halides is 5. The first kappa shape index (κ1) is 25.7. The summed E-state index contributed by atoms with van der Waals surface area (Å²) >= 11 is 5.83. The largest absolute Gasteiger partial charge is 0.419 e. The van der Waals surface area contributed by atoms with E-state index in [9.17, 15) is 26.7 Å². The van der Waals surface area contributed by atoms with E-state index in [0.717, 1.165) is 4.90 Å². The van der Waals surface area contributed by atoms with Crippen LogP contribution in [0.15, 0.2) is 31.0 Å². The fourth-order valence-electron chi connectivity index (χ4n) is 4.04. The molecule has 3 aromatic rings. The van der Waals surface area contributed by atoms with Gasteiger partial charge in [0.2, 0.25) is 5.95 Å². The maximum Gasteiger partial charge on any atom is 0.419 e. The average Bonchev–Trinajstić information content (AvgIpc) is 3.19. The minimum atomic E-state index is -4.60. The number of carbonyl (C=O) groups excluding carboxylic acids is 1. The number of nitrogens with one attached hydrogen (secondary N) is 1. The summed E-state index contributed by atoms with van der Waals surface area (Å²) in [5.41, 5.74) is -0.915. The van der Waals surface area contributed by atoms with Gasteiger partial charge in [-0.05, 0) is 5.92 Å². The molecule has 0 bridgehead atoms. The van der Waals surface area contributed by atoms with Crippen molar-refractivity contribution in [2.45, 2.75) is 31.5 Å². The molecule has 36 heavy (non-hydrogen) atoms. The van der Waals surface area contributed by atoms with Gasteiger partial charge in [-0.2, -0.15) is 18.3 Å². The molecule has 1 aliphatic heterocycles. The third-order valence-corrected chi connectivity index (χ3v) is 5.88. The molecule has 2 atom stereocenters. The van der Waals surface area contributed by atoms with Crippen LogP contribution in [0.3, 0.4) is 0 Å². The summed E-state index contributed by atoms with van der Waals surface area (Å²) < 4.78 is 68.7. The number of hydrogen-bond donors (Lipinski definition) is 1. The molecule has 4 heterocycles. The molecule has 9 nitrogen and oxygen atoms in total. The van der Waals surface area contributed by atoms with E-state index in [-0.39, 0.29) is 34.6 Å². The lowest BCUT2D eigenvalue weighted by atomic mass is 9.88. The zero-order valence-corrected chi connectivity index (χ0v) is 19.7. The highest BCUT2D eigenvalue weighted by molar-refractivity contribution is 6.30. The van der Waals surface area contributed by atoms with Crippen molar-refractivity contribution in [3.8, 4) is 11.4 Å². The van der Waals surface area contributed by atoms with Crippen molar-refractivity contribution < 1.29 is 26.7 Å². The van der Waals surface area contributed by atoms with Gasteiger partial charge in [0, 0.05) is 51.0 Å². The Morgan fingerprint density at radius 2 is 1.81 bits per heavy atom. The minimum absolute atomic E-state index is 0.0754. The van der Waals surface area contributed by atoms with Gasteiger partial charge in [-0.25, -0.2) is 28.7 Å². The molecule has 0 spiro atoms. The molecule has 1 unspecified atom stereocenters. The number of nitrogens with zero attached hydrogens (tertiary/aromatic N) is 7. The van der Waals surface area contributed by atoms with Crippen molar-refractivity contribution in [3.05, 3.63) is 47.3 Å². The Morgan fingerprint density at radius 1 is 1.17 bits per heavy atom. The second-order valence-electron chi connectivity index (χ2n) is 8.50. The number of piperidine rings is 1. The number of aryl methyl sites for hydroxylation is 1. The van der Waals surface area contributed by atoms with E-state index in [2.05, 4.69) is 30.4 Å². The molecule has 15 heteroatoms.